The van der Waals surface area contributed by atoms with Crippen LogP contribution < -0.4 is 10.6 Å². The van der Waals surface area contributed by atoms with Gasteiger partial charge < -0.3 is 25.4 Å². The Labute approximate surface area is 107 Å². The number of hydrogen-bond donors (Lipinski definition) is 4. The maximum atomic E-state index is 11.4. The molecule has 1 heterocycles. The molecule has 0 unspecified atom stereocenters. The average Bonchev–Trinajstić information content (AvgIpc) is 2.70. The summed E-state index contributed by atoms with van der Waals surface area (Å²) < 4.78 is 1.58. The number of carboxylic acids is 2. The topological polar surface area (TPSA) is 146 Å². The van der Waals surface area contributed by atoms with Gasteiger partial charge in [0.05, 0.1) is 13.0 Å². The Balaban J connectivity index is 2.47. The molecule has 1 aromatic heterocycles. The second kappa shape index (κ2) is 6.33. The van der Waals surface area contributed by atoms with E-state index in [1.807, 2.05) is 5.32 Å². The lowest BCUT2D eigenvalue weighted by molar-refractivity contribution is -0.145. The number of carbonyl (C=O) groups excluding carboxylic acids is 1. The molecule has 104 valence electrons. The quantitative estimate of drug-likeness (QED) is 0.494. The van der Waals surface area contributed by atoms with Gasteiger partial charge in [-0.25, -0.2) is 9.59 Å². The molecule has 0 aliphatic heterocycles. The summed E-state index contributed by atoms with van der Waals surface area (Å²) in [5, 5.41) is 28.9. The van der Waals surface area contributed by atoms with Crippen molar-refractivity contribution in [3.05, 3.63) is 12.2 Å². The number of carbonyl (C=O) groups is 3. The van der Waals surface area contributed by atoms with Crippen molar-refractivity contribution in [3.8, 4) is 0 Å². The second-order valence-corrected chi connectivity index (χ2v) is 3.67. The summed E-state index contributed by atoms with van der Waals surface area (Å²) in [6.07, 6.45) is 0.742. The molecule has 10 nitrogen and oxygen atoms in total. The van der Waals surface area contributed by atoms with Crippen molar-refractivity contribution in [2.75, 3.05) is 0 Å². The molecular formula is C9H13N5O5. The number of aliphatic carboxylic acids is 2. The summed E-state index contributed by atoms with van der Waals surface area (Å²) in [4.78, 5) is 32.6. The van der Waals surface area contributed by atoms with Crippen molar-refractivity contribution in [1.29, 1.82) is 0 Å². The number of carboxylic acid groups (broad SMARTS) is 2. The maximum absolute atomic E-state index is 11.4. The summed E-state index contributed by atoms with van der Waals surface area (Å²) in [5.41, 5.74) is 0. The Morgan fingerprint density at radius 3 is 2.58 bits per heavy atom. The zero-order valence-electron chi connectivity index (χ0n) is 10.0. The number of aromatic nitrogens is 3. The predicted octanol–water partition coefficient (Wildman–Crippen LogP) is -1.46. The predicted molar refractivity (Wildman–Crippen MR) is 60.1 cm³/mol. The molecule has 19 heavy (non-hydrogen) atoms. The van der Waals surface area contributed by atoms with Gasteiger partial charge >= 0.3 is 18.0 Å². The van der Waals surface area contributed by atoms with Crippen LogP contribution in [0.1, 0.15) is 12.2 Å². The Kier molecular flexibility index (Phi) is 4.80. The second-order valence-electron chi connectivity index (χ2n) is 3.67. The summed E-state index contributed by atoms with van der Waals surface area (Å²) >= 11 is 0. The maximum Gasteiger partial charge on any atom is 0.326 e. The molecule has 1 atom stereocenters. The number of aryl methyl sites for hydroxylation is 1. The minimum Gasteiger partial charge on any atom is -0.481 e. The van der Waals surface area contributed by atoms with Gasteiger partial charge in [-0.2, -0.15) is 0 Å². The van der Waals surface area contributed by atoms with E-state index < -0.39 is 30.4 Å². The number of nitrogens with one attached hydrogen (secondary N) is 2. The first kappa shape index (κ1) is 14.4. The van der Waals surface area contributed by atoms with Gasteiger partial charge in [0.1, 0.15) is 12.4 Å². The van der Waals surface area contributed by atoms with Gasteiger partial charge in [-0.1, -0.05) is 0 Å². The number of urea groups is 1. The molecule has 4 N–H and O–H groups in total. The van der Waals surface area contributed by atoms with Crippen molar-refractivity contribution >= 4 is 18.0 Å². The van der Waals surface area contributed by atoms with Crippen LogP contribution in [-0.2, 0) is 23.2 Å². The third-order valence-electron chi connectivity index (χ3n) is 2.19. The van der Waals surface area contributed by atoms with Crippen molar-refractivity contribution in [1.82, 2.24) is 25.4 Å². The first-order chi connectivity index (χ1) is 8.90. The number of amides is 2. The van der Waals surface area contributed by atoms with Crippen molar-refractivity contribution < 1.29 is 24.6 Å². The van der Waals surface area contributed by atoms with E-state index in [2.05, 4.69) is 15.5 Å². The fraction of sp³-hybridized carbons (Fsp3) is 0.444. The zero-order valence-corrected chi connectivity index (χ0v) is 10.0. The van der Waals surface area contributed by atoms with Gasteiger partial charge in [0, 0.05) is 7.05 Å². The minimum absolute atomic E-state index is 0.0434. The Hall–Kier alpha value is -2.65. The number of hydrogen-bond acceptors (Lipinski definition) is 5. The number of rotatable bonds is 6. The highest BCUT2D eigenvalue weighted by Gasteiger charge is 2.22. The van der Waals surface area contributed by atoms with Crippen molar-refractivity contribution in [2.45, 2.75) is 19.0 Å². The highest BCUT2D eigenvalue weighted by atomic mass is 16.4. The molecule has 10 heteroatoms. The molecule has 0 fully saturated rings. The Morgan fingerprint density at radius 1 is 1.42 bits per heavy atom. The van der Waals surface area contributed by atoms with E-state index in [1.54, 1.807) is 11.6 Å². The van der Waals surface area contributed by atoms with Crippen LogP contribution in [0.5, 0.6) is 0 Å². The molecule has 0 spiro atoms. The van der Waals surface area contributed by atoms with Gasteiger partial charge in [0.25, 0.3) is 0 Å². The normalized spacial score (nSPS) is 11.6. The zero-order chi connectivity index (χ0) is 14.4. The molecule has 0 aromatic carbocycles. The lowest BCUT2D eigenvalue weighted by Crippen LogP contribution is -2.46. The molecular weight excluding hydrogens is 258 g/mol. The van der Waals surface area contributed by atoms with E-state index in [1.165, 1.54) is 6.33 Å². The Morgan fingerprint density at radius 2 is 2.11 bits per heavy atom. The summed E-state index contributed by atoms with van der Waals surface area (Å²) in [7, 11) is 1.68. The summed E-state index contributed by atoms with van der Waals surface area (Å²) in [5.74, 6) is -2.27. The van der Waals surface area contributed by atoms with E-state index in [-0.39, 0.29) is 6.54 Å². The molecule has 0 aliphatic carbocycles. The van der Waals surface area contributed by atoms with Crippen LogP contribution in [-0.4, -0.2) is 49.0 Å². The standard InChI is InChI=1S/C9H13N5O5/c1-14-4-11-13-6(14)3-10-9(19)12-5(8(17)18)2-7(15)16/h4-5H,2-3H2,1H3,(H,15,16)(H,17,18)(H2,10,12,19)/t5-/m0/s1. The molecule has 1 aromatic rings. The largest absolute Gasteiger partial charge is 0.481 e. The van der Waals surface area contributed by atoms with E-state index in [0.29, 0.717) is 5.82 Å². The first-order valence-electron chi connectivity index (χ1n) is 5.22. The number of nitrogens with zero attached hydrogens (tertiary/aromatic N) is 3. The molecule has 1 rings (SSSR count). The van der Waals surface area contributed by atoms with Gasteiger partial charge in [-0.3, -0.25) is 4.79 Å². The Bertz CT molecular complexity index is 485. The first-order valence-corrected chi connectivity index (χ1v) is 5.22. The highest BCUT2D eigenvalue weighted by molar-refractivity contribution is 5.86. The molecule has 0 saturated carbocycles. The van der Waals surface area contributed by atoms with Crippen LogP contribution in [0.2, 0.25) is 0 Å². The SMILES string of the molecule is Cn1cnnc1CNC(=O)N[C@@H](CC(=O)O)C(=O)O. The van der Waals surface area contributed by atoms with E-state index in [0.717, 1.165) is 0 Å². The van der Waals surface area contributed by atoms with Crippen LogP contribution in [0.4, 0.5) is 4.79 Å². The highest BCUT2D eigenvalue weighted by Crippen LogP contribution is 1.94. The van der Waals surface area contributed by atoms with Crippen LogP contribution in [0.25, 0.3) is 0 Å². The lowest BCUT2D eigenvalue weighted by atomic mass is 10.2. The smallest absolute Gasteiger partial charge is 0.326 e. The summed E-state index contributed by atoms with van der Waals surface area (Å²) in [6.45, 7) is 0.0434. The van der Waals surface area contributed by atoms with E-state index in [4.69, 9.17) is 10.2 Å². The van der Waals surface area contributed by atoms with Crippen LogP contribution in [0.15, 0.2) is 6.33 Å². The van der Waals surface area contributed by atoms with Crippen LogP contribution >= 0.6 is 0 Å². The summed E-state index contributed by atoms with van der Waals surface area (Å²) in [6, 6.07) is -2.28. The molecule has 0 saturated heterocycles. The third-order valence-corrected chi connectivity index (χ3v) is 2.19. The molecule has 0 bridgehead atoms. The lowest BCUT2D eigenvalue weighted by Gasteiger charge is -2.12. The third kappa shape index (κ3) is 4.61. The van der Waals surface area contributed by atoms with Crippen LogP contribution in [0, 0.1) is 0 Å². The molecule has 0 radical (unpaired) electrons. The van der Waals surface area contributed by atoms with Gasteiger partial charge in [-0.15, -0.1) is 10.2 Å². The van der Waals surface area contributed by atoms with Crippen molar-refractivity contribution in [2.24, 2.45) is 7.05 Å². The minimum atomic E-state index is -1.49. The van der Waals surface area contributed by atoms with Gasteiger partial charge in [0.2, 0.25) is 0 Å². The molecule has 2 amide bonds. The average molecular weight is 271 g/mol. The van der Waals surface area contributed by atoms with Gasteiger partial charge in [0.15, 0.2) is 5.82 Å². The fourth-order valence-corrected chi connectivity index (χ4v) is 1.21. The van der Waals surface area contributed by atoms with Gasteiger partial charge in [-0.05, 0) is 0 Å². The van der Waals surface area contributed by atoms with Crippen LogP contribution in [0.3, 0.4) is 0 Å². The molecule has 0 aliphatic rings. The fourth-order valence-electron chi connectivity index (χ4n) is 1.21. The van der Waals surface area contributed by atoms with E-state index >= 15 is 0 Å². The monoisotopic (exact) mass is 271 g/mol. The van der Waals surface area contributed by atoms with E-state index in [9.17, 15) is 14.4 Å². The van der Waals surface area contributed by atoms with Crippen molar-refractivity contribution in [3.63, 3.8) is 0 Å².